The van der Waals surface area contributed by atoms with Crippen molar-refractivity contribution in [3.8, 4) is 0 Å². The minimum atomic E-state index is -0.244. The fourth-order valence-electron chi connectivity index (χ4n) is 3.49. The molecule has 3 N–H and O–H groups in total. The van der Waals surface area contributed by atoms with E-state index in [4.69, 9.17) is 5.73 Å². The molecule has 1 aromatic heterocycles. The van der Waals surface area contributed by atoms with Crippen LogP contribution in [0.5, 0.6) is 0 Å². The molecule has 2 atom stereocenters. The minimum absolute atomic E-state index is 0. The first-order chi connectivity index (χ1) is 11.5. The maximum absolute atomic E-state index is 12.9. The van der Waals surface area contributed by atoms with Gasteiger partial charge in [-0.05, 0) is 19.3 Å². The van der Waals surface area contributed by atoms with E-state index >= 15 is 0 Å². The number of nitrogens with two attached hydrogens (primary N) is 1. The number of nitrogens with one attached hydrogen (secondary N) is 1. The third-order valence-electron chi connectivity index (χ3n) is 4.90. The summed E-state index contributed by atoms with van der Waals surface area (Å²) in [5, 5.41) is 0. The standard InChI is InChI=1S/C16H23N5O3.ClH/c1-10(22)21-6-11(2-3-12(17)7-21)16(24)20-5-4-13-14(8-20)18-9-19-15(13)23;/h9,11-12H,2-8,17H2,1H3,(H,18,19,23);1H/t11-,12+;/m1./s1. The number of hydrogen-bond acceptors (Lipinski definition) is 5. The number of aromatic nitrogens is 2. The lowest BCUT2D eigenvalue weighted by atomic mass is 9.98. The topological polar surface area (TPSA) is 112 Å². The number of amides is 2. The van der Waals surface area contributed by atoms with Crippen molar-refractivity contribution in [2.45, 2.75) is 38.8 Å². The molecule has 3 heterocycles. The van der Waals surface area contributed by atoms with Crippen molar-refractivity contribution in [1.82, 2.24) is 19.8 Å². The maximum Gasteiger partial charge on any atom is 0.254 e. The summed E-state index contributed by atoms with van der Waals surface area (Å²) in [4.78, 5) is 46.6. The number of fused-ring (bicyclic) bond motifs is 1. The molecule has 25 heavy (non-hydrogen) atoms. The van der Waals surface area contributed by atoms with Gasteiger partial charge in [0.15, 0.2) is 0 Å². The van der Waals surface area contributed by atoms with Crippen molar-refractivity contribution >= 4 is 24.2 Å². The van der Waals surface area contributed by atoms with Gasteiger partial charge in [-0.1, -0.05) is 0 Å². The van der Waals surface area contributed by atoms with E-state index < -0.39 is 0 Å². The van der Waals surface area contributed by atoms with Crippen LogP contribution in [-0.4, -0.2) is 57.3 Å². The molecule has 3 rings (SSSR count). The summed E-state index contributed by atoms with van der Waals surface area (Å²) in [6.45, 7) is 3.27. The van der Waals surface area contributed by atoms with Crippen LogP contribution in [0.25, 0.3) is 0 Å². The van der Waals surface area contributed by atoms with Crippen LogP contribution < -0.4 is 11.3 Å². The minimum Gasteiger partial charge on any atom is -0.341 e. The molecule has 0 bridgehead atoms. The summed E-state index contributed by atoms with van der Waals surface area (Å²) >= 11 is 0. The molecule has 1 aromatic rings. The van der Waals surface area contributed by atoms with Crippen LogP contribution in [0.3, 0.4) is 0 Å². The first-order valence-electron chi connectivity index (χ1n) is 8.31. The molecular weight excluding hydrogens is 346 g/mol. The molecule has 8 nitrogen and oxygen atoms in total. The molecule has 9 heteroatoms. The summed E-state index contributed by atoms with van der Waals surface area (Å²) in [5.74, 6) is -0.281. The van der Waals surface area contributed by atoms with Gasteiger partial charge in [-0.2, -0.15) is 0 Å². The SMILES string of the molecule is CC(=O)N1C[C@@H](N)CC[C@@H](C(=O)N2CCc3c(nc[nH]c3=O)C2)C1.Cl. The fourth-order valence-corrected chi connectivity index (χ4v) is 3.49. The highest BCUT2D eigenvalue weighted by atomic mass is 35.5. The number of aromatic amines is 1. The van der Waals surface area contributed by atoms with Gasteiger partial charge in [-0.15, -0.1) is 12.4 Å². The van der Waals surface area contributed by atoms with Crippen molar-refractivity contribution in [1.29, 1.82) is 0 Å². The van der Waals surface area contributed by atoms with Gasteiger partial charge < -0.3 is 20.5 Å². The molecule has 2 aliphatic rings. The van der Waals surface area contributed by atoms with Gasteiger partial charge in [0.2, 0.25) is 11.8 Å². The second kappa shape index (κ2) is 7.97. The van der Waals surface area contributed by atoms with Crippen LogP contribution >= 0.6 is 12.4 Å². The number of carbonyl (C=O) groups is 2. The lowest BCUT2D eigenvalue weighted by molar-refractivity contribution is -0.138. The molecule has 0 aliphatic carbocycles. The van der Waals surface area contributed by atoms with E-state index in [1.807, 2.05) is 0 Å². The lowest BCUT2D eigenvalue weighted by Crippen LogP contribution is -2.45. The van der Waals surface area contributed by atoms with Crippen LogP contribution in [0.2, 0.25) is 0 Å². The van der Waals surface area contributed by atoms with Crippen LogP contribution in [0.4, 0.5) is 0 Å². The first kappa shape index (κ1) is 19.4. The van der Waals surface area contributed by atoms with Crippen LogP contribution in [-0.2, 0) is 22.6 Å². The number of H-pyrrole nitrogens is 1. The highest BCUT2D eigenvalue weighted by Gasteiger charge is 2.33. The molecule has 1 fully saturated rings. The highest BCUT2D eigenvalue weighted by molar-refractivity contribution is 5.85. The Morgan fingerprint density at radius 1 is 1.28 bits per heavy atom. The van der Waals surface area contributed by atoms with Gasteiger partial charge in [0.1, 0.15) is 0 Å². The van der Waals surface area contributed by atoms with Gasteiger partial charge in [0.05, 0.1) is 24.5 Å². The van der Waals surface area contributed by atoms with Crippen molar-refractivity contribution in [2.24, 2.45) is 11.7 Å². The molecule has 0 spiro atoms. The van der Waals surface area contributed by atoms with Crippen molar-refractivity contribution in [2.75, 3.05) is 19.6 Å². The van der Waals surface area contributed by atoms with Crippen LogP contribution in [0.15, 0.2) is 11.1 Å². The molecular formula is C16H24ClN5O3. The summed E-state index contributed by atoms with van der Waals surface area (Å²) in [7, 11) is 0. The fraction of sp³-hybridized carbons (Fsp3) is 0.625. The Hall–Kier alpha value is -1.93. The van der Waals surface area contributed by atoms with E-state index in [1.165, 1.54) is 13.3 Å². The molecule has 0 unspecified atom stereocenters. The normalized spacial score (nSPS) is 23.3. The van der Waals surface area contributed by atoms with Crippen LogP contribution in [0, 0.1) is 5.92 Å². The molecule has 0 saturated carbocycles. The lowest BCUT2D eigenvalue weighted by Gasteiger charge is -2.31. The van der Waals surface area contributed by atoms with Crippen molar-refractivity contribution in [3.63, 3.8) is 0 Å². The smallest absolute Gasteiger partial charge is 0.254 e. The number of nitrogens with zero attached hydrogens (tertiary/aromatic N) is 3. The zero-order valence-corrected chi connectivity index (χ0v) is 15.1. The number of hydrogen-bond donors (Lipinski definition) is 2. The van der Waals surface area contributed by atoms with Gasteiger partial charge in [-0.25, -0.2) is 4.98 Å². The quantitative estimate of drug-likeness (QED) is 0.703. The van der Waals surface area contributed by atoms with Crippen molar-refractivity contribution in [3.05, 3.63) is 27.9 Å². The van der Waals surface area contributed by atoms with E-state index in [0.717, 1.165) is 6.42 Å². The Morgan fingerprint density at radius 3 is 2.76 bits per heavy atom. The third kappa shape index (κ3) is 4.19. The second-order valence-corrected chi connectivity index (χ2v) is 6.63. The zero-order chi connectivity index (χ0) is 17.3. The van der Waals surface area contributed by atoms with Gasteiger partial charge in [0, 0.05) is 38.2 Å². The first-order valence-corrected chi connectivity index (χ1v) is 8.31. The Morgan fingerprint density at radius 2 is 2.04 bits per heavy atom. The van der Waals surface area contributed by atoms with Crippen molar-refractivity contribution < 1.29 is 9.59 Å². The van der Waals surface area contributed by atoms with Gasteiger partial charge in [-0.3, -0.25) is 14.4 Å². The summed E-state index contributed by atoms with van der Waals surface area (Å²) < 4.78 is 0. The predicted molar refractivity (Wildman–Crippen MR) is 94.2 cm³/mol. The third-order valence-corrected chi connectivity index (χ3v) is 4.90. The highest BCUT2D eigenvalue weighted by Crippen LogP contribution is 2.22. The Bertz CT molecular complexity index is 707. The molecule has 2 amide bonds. The molecule has 0 radical (unpaired) electrons. The maximum atomic E-state index is 12.9. The summed E-state index contributed by atoms with van der Waals surface area (Å²) in [5.41, 5.74) is 7.21. The average Bonchev–Trinajstić information content (AvgIpc) is 2.76. The predicted octanol–water partition coefficient (Wildman–Crippen LogP) is -0.338. The van der Waals surface area contributed by atoms with E-state index in [2.05, 4.69) is 9.97 Å². The van der Waals surface area contributed by atoms with E-state index in [0.29, 0.717) is 50.3 Å². The Labute approximate surface area is 152 Å². The number of halogens is 1. The largest absolute Gasteiger partial charge is 0.341 e. The van der Waals surface area contributed by atoms with E-state index in [1.54, 1.807) is 9.80 Å². The number of rotatable bonds is 1. The molecule has 1 saturated heterocycles. The van der Waals surface area contributed by atoms with Gasteiger partial charge >= 0.3 is 0 Å². The molecule has 2 aliphatic heterocycles. The van der Waals surface area contributed by atoms with Gasteiger partial charge in [0.25, 0.3) is 5.56 Å². The van der Waals surface area contributed by atoms with E-state index in [9.17, 15) is 14.4 Å². The average molecular weight is 370 g/mol. The molecule has 138 valence electrons. The van der Waals surface area contributed by atoms with Crippen LogP contribution in [0.1, 0.15) is 31.0 Å². The summed E-state index contributed by atoms with van der Waals surface area (Å²) in [6, 6.07) is -0.0889. The monoisotopic (exact) mass is 369 g/mol. The second-order valence-electron chi connectivity index (χ2n) is 6.63. The Kier molecular flexibility index (Phi) is 6.18. The summed E-state index contributed by atoms with van der Waals surface area (Å²) in [6.07, 6.45) is 3.28. The zero-order valence-electron chi connectivity index (χ0n) is 14.2. The molecule has 0 aromatic carbocycles. The number of carbonyl (C=O) groups excluding carboxylic acids is 2. The number of likely N-dealkylation sites (tertiary alicyclic amines) is 1. The van der Waals surface area contributed by atoms with E-state index in [-0.39, 0.29) is 41.7 Å². The Balaban J connectivity index is 0.00000225.